The molecule has 0 aliphatic heterocycles. The van der Waals surface area contributed by atoms with Crippen LogP contribution in [0.15, 0.2) is 24.3 Å². The van der Waals surface area contributed by atoms with Gasteiger partial charge in [-0.3, -0.25) is 0 Å². The summed E-state index contributed by atoms with van der Waals surface area (Å²) in [6.07, 6.45) is 8.58. The lowest BCUT2D eigenvalue weighted by Gasteiger charge is -2.24. The van der Waals surface area contributed by atoms with Crippen LogP contribution >= 0.6 is 0 Å². The molecule has 3 atom stereocenters. The Balaban J connectivity index is 1.32. The van der Waals surface area contributed by atoms with Gasteiger partial charge in [0.1, 0.15) is 0 Å². The van der Waals surface area contributed by atoms with Crippen LogP contribution in [0.5, 0.6) is 0 Å². The van der Waals surface area contributed by atoms with Crippen molar-refractivity contribution < 1.29 is 0 Å². The lowest BCUT2D eigenvalue weighted by Crippen LogP contribution is -2.35. The summed E-state index contributed by atoms with van der Waals surface area (Å²) in [5.41, 5.74) is 3.14. The number of hydrogen-bond donors (Lipinski definition) is 1. The molecule has 2 bridgehead atoms. The normalized spacial score (nSPS) is 34.1. The molecule has 1 aromatic rings. The van der Waals surface area contributed by atoms with E-state index in [2.05, 4.69) is 29.6 Å². The first-order valence-electron chi connectivity index (χ1n) is 7.68. The minimum absolute atomic E-state index is 0.710. The van der Waals surface area contributed by atoms with E-state index >= 15 is 0 Å². The van der Waals surface area contributed by atoms with E-state index < -0.39 is 0 Å². The maximum absolute atomic E-state index is 3.86. The number of hydrogen-bond acceptors (Lipinski definition) is 1. The van der Waals surface area contributed by atoms with Crippen LogP contribution in [0.4, 0.5) is 0 Å². The molecular weight excluding hydrogens is 218 g/mol. The fourth-order valence-electron chi connectivity index (χ4n) is 4.65. The molecule has 0 spiro atoms. The molecule has 1 N–H and O–H groups in total. The molecule has 1 aromatic carbocycles. The Morgan fingerprint density at radius 3 is 2.39 bits per heavy atom. The molecule has 0 aromatic heterocycles. The van der Waals surface area contributed by atoms with Crippen molar-refractivity contribution in [3.63, 3.8) is 0 Å². The molecule has 1 heteroatoms. The quantitative estimate of drug-likeness (QED) is 0.857. The van der Waals surface area contributed by atoms with Crippen LogP contribution in [0.1, 0.15) is 36.8 Å². The molecule has 2 saturated carbocycles. The molecule has 0 amide bonds. The average molecular weight is 241 g/mol. The Morgan fingerprint density at radius 1 is 1.00 bits per heavy atom. The van der Waals surface area contributed by atoms with Gasteiger partial charge < -0.3 is 5.32 Å². The molecule has 3 unspecified atom stereocenters. The van der Waals surface area contributed by atoms with Gasteiger partial charge in [-0.05, 0) is 67.5 Å². The summed E-state index contributed by atoms with van der Waals surface area (Å²) in [7, 11) is 0. The van der Waals surface area contributed by atoms with Crippen molar-refractivity contribution >= 4 is 0 Å². The van der Waals surface area contributed by atoms with Gasteiger partial charge in [0.05, 0.1) is 0 Å². The highest BCUT2D eigenvalue weighted by Gasteiger charge is 2.39. The number of benzene rings is 1. The highest BCUT2D eigenvalue weighted by Crippen LogP contribution is 2.48. The van der Waals surface area contributed by atoms with E-state index in [4.69, 9.17) is 0 Å². The van der Waals surface area contributed by atoms with Gasteiger partial charge in [-0.25, -0.2) is 0 Å². The van der Waals surface area contributed by atoms with E-state index in [9.17, 15) is 0 Å². The van der Waals surface area contributed by atoms with Gasteiger partial charge in [-0.2, -0.15) is 0 Å². The summed E-state index contributed by atoms with van der Waals surface area (Å²) in [6, 6.07) is 9.67. The van der Waals surface area contributed by atoms with Gasteiger partial charge in [0, 0.05) is 6.04 Å². The zero-order valence-electron chi connectivity index (χ0n) is 11.1. The van der Waals surface area contributed by atoms with Crippen molar-refractivity contribution in [1.82, 2.24) is 5.32 Å². The first kappa shape index (κ1) is 11.0. The van der Waals surface area contributed by atoms with Crippen LogP contribution in [-0.2, 0) is 12.8 Å². The predicted molar refractivity (Wildman–Crippen MR) is 74.6 cm³/mol. The smallest absolute Gasteiger partial charge is 0.0148 e. The van der Waals surface area contributed by atoms with E-state index in [1.54, 1.807) is 11.1 Å². The zero-order chi connectivity index (χ0) is 11.9. The molecule has 18 heavy (non-hydrogen) atoms. The van der Waals surface area contributed by atoms with Gasteiger partial charge in [0.25, 0.3) is 0 Å². The van der Waals surface area contributed by atoms with Gasteiger partial charge in [0.2, 0.25) is 0 Å². The summed E-state index contributed by atoms with van der Waals surface area (Å²) in [5, 5.41) is 3.86. The molecular formula is C17H23N. The van der Waals surface area contributed by atoms with Crippen molar-refractivity contribution in [1.29, 1.82) is 0 Å². The minimum atomic E-state index is 0.710. The molecule has 3 aliphatic rings. The highest BCUT2D eigenvalue weighted by atomic mass is 14.9. The zero-order valence-corrected chi connectivity index (χ0v) is 11.1. The molecule has 0 heterocycles. The molecule has 1 nitrogen and oxygen atoms in total. The lowest BCUT2D eigenvalue weighted by molar-refractivity contribution is 0.307. The Bertz CT molecular complexity index is 414. The van der Waals surface area contributed by atoms with Gasteiger partial charge in [-0.15, -0.1) is 0 Å². The largest absolute Gasteiger partial charge is 0.313 e. The van der Waals surface area contributed by atoms with E-state index in [1.807, 2.05) is 0 Å². The maximum atomic E-state index is 3.86. The lowest BCUT2D eigenvalue weighted by atomic mass is 9.88. The predicted octanol–water partition coefficient (Wildman–Crippen LogP) is 3.18. The summed E-state index contributed by atoms with van der Waals surface area (Å²) in [6.45, 7) is 1.28. The maximum Gasteiger partial charge on any atom is 0.0148 e. The van der Waals surface area contributed by atoms with Crippen molar-refractivity contribution in [2.24, 2.45) is 17.8 Å². The number of rotatable bonds is 3. The van der Waals surface area contributed by atoms with E-state index in [-0.39, 0.29) is 0 Å². The summed E-state index contributed by atoms with van der Waals surface area (Å²) in [4.78, 5) is 0. The van der Waals surface area contributed by atoms with Crippen molar-refractivity contribution in [2.75, 3.05) is 6.54 Å². The van der Waals surface area contributed by atoms with Crippen molar-refractivity contribution in [2.45, 2.75) is 44.6 Å². The van der Waals surface area contributed by atoms with Crippen molar-refractivity contribution in [3.05, 3.63) is 35.4 Å². The van der Waals surface area contributed by atoms with Gasteiger partial charge >= 0.3 is 0 Å². The Labute approximate surface area is 110 Å². The topological polar surface area (TPSA) is 12.0 Å². The fourth-order valence-corrected chi connectivity index (χ4v) is 4.65. The third kappa shape index (κ3) is 1.89. The molecule has 3 aliphatic carbocycles. The third-order valence-corrected chi connectivity index (χ3v) is 5.60. The second-order valence-electron chi connectivity index (χ2n) is 6.72. The van der Waals surface area contributed by atoms with Crippen LogP contribution < -0.4 is 5.32 Å². The number of fused-ring (bicyclic) bond motifs is 3. The van der Waals surface area contributed by atoms with Gasteiger partial charge in [-0.1, -0.05) is 30.7 Å². The van der Waals surface area contributed by atoms with Crippen LogP contribution in [0.25, 0.3) is 0 Å². The molecule has 0 radical (unpaired) electrons. The SMILES string of the molecule is c1ccc2c(c1)CC(NCC1CC3CCC1C3)C2. The molecule has 96 valence electrons. The Morgan fingerprint density at radius 2 is 1.78 bits per heavy atom. The van der Waals surface area contributed by atoms with Crippen LogP contribution in [-0.4, -0.2) is 12.6 Å². The van der Waals surface area contributed by atoms with E-state index in [1.165, 1.54) is 45.1 Å². The Kier molecular flexibility index (Phi) is 2.69. The number of nitrogens with one attached hydrogen (secondary N) is 1. The standard InChI is InChI=1S/C17H23N/c1-2-4-14-10-17(9-13(14)3-1)18-11-16-8-12-5-6-15(16)7-12/h1-4,12,15-18H,5-11H2. The molecule has 4 rings (SSSR count). The first-order valence-corrected chi connectivity index (χ1v) is 7.68. The fraction of sp³-hybridized carbons (Fsp3) is 0.647. The Hall–Kier alpha value is -0.820. The molecule has 0 saturated heterocycles. The van der Waals surface area contributed by atoms with Crippen LogP contribution in [0, 0.1) is 17.8 Å². The second kappa shape index (κ2) is 4.38. The second-order valence-corrected chi connectivity index (χ2v) is 6.72. The van der Waals surface area contributed by atoms with E-state index in [0.29, 0.717) is 6.04 Å². The van der Waals surface area contributed by atoms with Crippen LogP contribution in [0.2, 0.25) is 0 Å². The minimum Gasteiger partial charge on any atom is -0.313 e. The molecule has 2 fully saturated rings. The first-order chi connectivity index (χ1) is 8.88. The third-order valence-electron chi connectivity index (χ3n) is 5.60. The van der Waals surface area contributed by atoms with Gasteiger partial charge in [0.15, 0.2) is 0 Å². The summed E-state index contributed by atoms with van der Waals surface area (Å²) >= 11 is 0. The van der Waals surface area contributed by atoms with Crippen molar-refractivity contribution in [3.8, 4) is 0 Å². The monoisotopic (exact) mass is 241 g/mol. The summed E-state index contributed by atoms with van der Waals surface area (Å²) < 4.78 is 0. The average Bonchev–Trinajstić information content (AvgIpc) is 3.10. The highest BCUT2D eigenvalue weighted by molar-refractivity contribution is 5.33. The van der Waals surface area contributed by atoms with Crippen LogP contribution in [0.3, 0.4) is 0 Å². The van der Waals surface area contributed by atoms with E-state index in [0.717, 1.165) is 17.8 Å². The summed E-state index contributed by atoms with van der Waals surface area (Å²) in [5.74, 6) is 3.14.